The van der Waals surface area contributed by atoms with E-state index in [0.717, 1.165) is 43.9 Å². The topological polar surface area (TPSA) is 64.0 Å². The maximum Gasteiger partial charge on any atom is 0.129 e. The molecule has 0 radical (unpaired) electrons. The Bertz CT molecular complexity index is 876. The number of nitrogens with zero attached hydrogens (tertiary/aromatic N) is 4. The second-order valence-electron chi connectivity index (χ2n) is 7.68. The average molecular weight is 363 g/mol. The molecule has 0 spiro atoms. The number of fused-ring (bicyclic) bond motifs is 1. The van der Waals surface area contributed by atoms with Gasteiger partial charge >= 0.3 is 0 Å². The predicted molar refractivity (Wildman–Crippen MR) is 108 cm³/mol. The van der Waals surface area contributed by atoms with Crippen LogP contribution < -0.4 is 10.2 Å². The van der Waals surface area contributed by atoms with Crippen molar-refractivity contribution in [2.45, 2.75) is 24.6 Å². The van der Waals surface area contributed by atoms with Crippen LogP contribution in [0.2, 0.25) is 0 Å². The second-order valence-corrected chi connectivity index (χ2v) is 7.68. The van der Waals surface area contributed by atoms with E-state index in [1.807, 2.05) is 24.5 Å². The molecule has 6 nitrogen and oxygen atoms in total. The highest BCUT2D eigenvalue weighted by atomic mass is 16.3. The average Bonchev–Trinajstić information content (AvgIpc) is 2.68. The zero-order valence-electron chi connectivity index (χ0n) is 15.3. The van der Waals surface area contributed by atoms with Crippen LogP contribution in [0.4, 0.5) is 5.82 Å². The van der Waals surface area contributed by atoms with Crippen LogP contribution in [0, 0.1) is 5.92 Å². The van der Waals surface area contributed by atoms with Crippen molar-refractivity contribution in [3.8, 4) is 0 Å². The Hall–Kier alpha value is -2.44. The van der Waals surface area contributed by atoms with Crippen molar-refractivity contribution in [2.24, 2.45) is 10.9 Å². The molecule has 6 heteroatoms. The van der Waals surface area contributed by atoms with Crippen LogP contribution in [0.5, 0.6) is 0 Å². The van der Waals surface area contributed by atoms with E-state index in [4.69, 9.17) is 4.98 Å². The highest BCUT2D eigenvalue weighted by Crippen LogP contribution is 2.29. The first-order valence-electron chi connectivity index (χ1n) is 9.76. The molecule has 2 N–H and O–H groups in total. The first kappa shape index (κ1) is 16.7. The van der Waals surface area contributed by atoms with Gasteiger partial charge in [-0.15, -0.1) is 0 Å². The quantitative estimate of drug-likeness (QED) is 0.868. The summed E-state index contributed by atoms with van der Waals surface area (Å²) in [7, 11) is 0. The smallest absolute Gasteiger partial charge is 0.129 e. The zero-order valence-corrected chi connectivity index (χ0v) is 15.3. The summed E-state index contributed by atoms with van der Waals surface area (Å²) in [4.78, 5) is 13.9. The van der Waals surface area contributed by atoms with Crippen molar-refractivity contribution < 1.29 is 5.11 Å². The van der Waals surface area contributed by atoms with Crippen molar-refractivity contribution in [3.63, 3.8) is 0 Å². The minimum atomic E-state index is -0.268. The Kier molecular flexibility index (Phi) is 4.30. The fourth-order valence-corrected chi connectivity index (χ4v) is 4.41. The van der Waals surface area contributed by atoms with Crippen LogP contribution in [-0.2, 0) is 0 Å². The lowest BCUT2D eigenvalue weighted by Gasteiger charge is -2.50. The molecule has 0 amide bonds. The Labute approximate surface area is 159 Å². The van der Waals surface area contributed by atoms with Crippen LogP contribution in [-0.4, -0.2) is 65.6 Å². The van der Waals surface area contributed by atoms with Gasteiger partial charge in [0.05, 0.1) is 23.7 Å². The number of aliphatic hydroxyl groups is 1. The molecule has 1 aromatic heterocycles. The van der Waals surface area contributed by atoms with Gasteiger partial charge in [0.25, 0.3) is 0 Å². The maximum atomic E-state index is 10.5. The number of benzene rings is 1. The van der Waals surface area contributed by atoms with Gasteiger partial charge in [0, 0.05) is 49.6 Å². The van der Waals surface area contributed by atoms with Gasteiger partial charge in [0.15, 0.2) is 0 Å². The van der Waals surface area contributed by atoms with Gasteiger partial charge in [-0.25, -0.2) is 4.98 Å². The fraction of sp³-hybridized carbons (Fsp3) is 0.429. The molecule has 27 heavy (non-hydrogen) atoms. The van der Waals surface area contributed by atoms with Crippen molar-refractivity contribution >= 4 is 22.9 Å². The molecule has 0 saturated carbocycles. The monoisotopic (exact) mass is 363 g/mol. The van der Waals surface area contributed by atoms with E-state index in [1.165, 1.54) is 5.39 Å². The number of pyridine rings is 1. The lowest BCUT2D eigenvalue weighted by Crippen LogP contribution is -2.64. The van der Waals surface area contributed by atoms with Gasteiger partial charge < -0.3 is 20.2 Å². The van der Waals surface area contributed by atoms with Crippen molar-refractivity contribution in [1.82, 2.24) is 15.2 Å². The van der Waals surface area contributed by atoms with E-state index in [2.05, 4.69) is 50.6 Å². The van der Waals surface area contributed by atoms with Crippen LogP contribution >= 0.6 is 0 Å². The summed E-state index contributed by atoms with van der Waals surface area (Å²) in [6.45, 7) is 3.61. The Balaban J connectivity index is 1.29. The summed E-state index contributed by atoms with van der Waals surface area (Å²) in [6, 6.07) is 13.1. The number of hydrogen-bond acceptors (Lipinski definition) is 6. The molecular formula is C21H25N5O. The van der Waals surface area contributed by atoms with Gasteiger partial charge in [0.1, 0.15) is 5.82 Å². The molecule has 4 heterocycles. The van der Waals surface area contributed by atoms with Crippen LogP contribution in [0.1, 0.15) is 6.42 Å². The number of aliphatic hydroxyl groups excluding tert-OH is 1. The number of anilines is 1. The van der Waals surface area contributed by atoms with Gasteiger partial charge in [-0.05, 0) is 31.2 Å². The summed E-state index contributed by atoms with van der Waals surface area (Å²) in [5.74, 6) is 1.22. The van der Waals surface area contributed by atoms with Crippen LogP contribution in [0.15, 0.2) is 53.8 Å². The Morgan fingerprint density at radius 3 is 2.89 bits per heavy atom. The third-order valence-corrected chi connectivity index (χ3v) is 6.03. The summed E-state index contributed by atoms with van der Waals surface area (Å²) in [6.07, 6.45) is 6.48. The van der Waals surface area contributed by atoms with Crippen molar-refractivity contribution in [2.75, 3.05) is 31.1 Å². The SMILES string of the molecule is OC1CCNCC1C1C=NC=CN1C1CN(c2ccc3ccccc3n2)C1. The second kappa shape index (κ2) is 6.94. The number of nitrogens with one attached hydrogen (secondary N) is 1. The third kappa shape index (κ3) is 3.09. The summed E-state index contributed by atoms with van der Waals surface area (Å²) < 4.78 is 0. The summed E-state index contributed by atoms with van der Waals surface area (Å²) in [5, 5.41) is 15.1. The van der Waals surface area contributed by atoms with Gasteiger partial charge in [0.2, 0.25) is 0 Å². The van der Waals surface area contributed by atoms with Crippen molar-refractivity contribution in [3.05, 3.63) is 48.8 Å². The van der Waals surface area contributed by atoms with E-state index >= 15 is 0 Å². The molecule has 2 aromatic rings. The van der Waals surface area contributed by atoms with E-state index in [9.17, 15) is 5.11 Å². The number of hydrogen-bond donors (Lipinski definition) is 2. The minimum absolute atomic E-state index is 0.148. The van der Waals surface area contributed by atoms with Gasteiger partial charge in [-0.1, -0.05) is 18.2 Å². The molecule has 3 aliphatic rings. The molecule has 140 valence electrons. The third-order valence-electron chi connectivity index (χ3n) is 6.03. The molecule has 3 atom stereocenters. The summed E-state index contributed by atoms with van der Waals surface area (Å²) >= 11 is 0. The van der Waals surface area contributed by atoms with Crippen LogP contribution in [0.3, 0.4) is 0 Å². The van der Waals surface area contributed by atoms with E-state index < -0.39 is 0 Å². The zero-order chi connectivity index (χ0) is 18.2. The van der Waals surface area contributed by atoms with Gasteiger partial charge in [-0.2, -0.15) is 0 Å². The molecule has 1 aromatic carbocycles. The lowest BCUT2D eigenvalue weighted by molar-refractivity contribution is 0.0378. The highest BCUT2D eigenvalue weighted by molar-refractivity contribution is 5.80. The maximum absolute atomic E-state index is 10.5. The Morgan fingerprint density at radius 2 is 2.00 bits per heavy atom. The molecule has 3 unspecified atom stereocenters. The van der Waals surface area contributed by atoms with Gasteiger partial charge in [-0.3, -0.25) is 4.99 Å². The van der Waals surface area contributed by atoms with E-state index in [-0.39, 0.29) is 18.1 Å². The number of rotatable bonds is 3. The highest BCUT2D eigenvalue weighted by Gasteiger charge is 2.40. The fourth-order valence-electron chi connectivity index (χ4n) is 4.41. The number of para-hydroxylation sites is 1. The first-order chi connectivity index (χ1) is 13.3. The molecule has 3 aliphatic heterocycles. The normalized spacial score (nSPS) is 28.6. The molecule has 2 fully saturated rings. The predicted octanol–water partition coefficient (Wildman–Crippen LogP) is 1.62. The van der Waals surface area contributed by atoms with Crippen LogP contribution in [0.25, 0.3) is 10.9 Å². The van der Waals surface area contributed by atoms with E-state index in [0.29, 0.717) is 6.04 Å². The standard InChI is InChI=1S/C21H25N5O/c27-20-7-8-22-11-17(20)19-12-23-9-10-26(19)16-13-25(14-16)21-6-5-15-3-1-2-4-18(15)24-21/h1-6,9-10,12,16-17,19-20,22,27H,7-8,11,13-14H2. The molecular weight excluding hydrogens is 338 g/mol. The number of aliphatic imine (C=N–C) groups is 1. The molecule has 0 aliphatic carbocycles. The minimum Gasteiger partial charge on any atom is -0.393 e. The summed E-state index contributed by atoms with van der Waals surface area (Å²) in [5.41, 5.74) is 1.04. The largest absolute Gasteiger partial charge is 0.393 e. The van der Waals surface area contributed by atoms with E-state index in [1.54, 1.807) is 0 Å². The molecule has 2 saturated heterocycles. The molecule has 5 rings (SSSR count). The molecule has 0 bridgehead atoms. The lowest BCUT2D eigenvalue weighted by atomic mass is 9.87. The van der Waals surface area contributed by atoms with Crippen molar-refractivity contribution in [1.29, 1.82) is 0 Å². The number of aromatic nitrogens is 1. The Morgan fingerprint density at radius 1 is 1.11 bits per heavy atom. The number of piperidine rings is 1. The first-order valence-corrected chi connectivity index (χ1v) is 9.76.